The van der Waals surface area contributed by atoms with Crippen LogP contribution in [0.25, 0.3) is 0 Å². The van der Waals surface area contributed by atoms with Gasteiger partial charge < -0.3 is 19.9 Å². The molecule has 1 saturated heterocycles. The van der Waals surface area contributed by atoms with Gasteiger partial charge in [-0.05, 0) is 50.8 Å². The Labute approximate surface area is 176 Å². The topological polar surface area (TPSA) is 112 Å². The van der Waals surface area contributed by atoms with Crippen molar-refractivity contribution >= 4 is 12.0 Å². The number of aliphatic hydroxyl groups is 1. The van der Waals surface area contributed by atoms with Crippen LogP contribution >= 0.6 is 0 Å². The van der Waals surface area contributed by atoms with E-state index in [2.05, 4.69) is 11.4 Å². The van der Waals surface area contributed by atoms with Crippen LogP contribution in [0.4, 0.5) is 4.79 Å². The highest BCUT2D eigenvalue weighted by Crippen LogP contribution is 2.40. The molecule has 2 aliphatic rings. The fourth-order valence-electron chi connectivity index (χ4n) is 3.85. The summed E-state index contributed by atoms with van der Waals surface area (Å²) in [4.78, 5) is 27.0. The van der Waals surface area contributed by atoms with Crippen molar-refractivity contribution in [3.63, 3.8) is 0 Å². The van der Waals surface area contributed by atoms with Crippen LogP contribution in [0.5, 0.6) is 5.75 Å². The van der Waals surface area contributed by atoms with E-state index in [-0.39, 0.29) is 11.8 Å². The molecule has 1 aromatic carbocycles. The van der Waals surface area contributed by atoms with Crippen LogP contribution in [0, 0.1) is 17.2 Å². The van der Waals surface area contributed by atoms with E-state index in [1.165, 1.54) is 4.90 Å². The van der Waals surface area contributed by atoms with E-state index >= 15 is 0 Å². The third-order valence-electron chi connectivity index (χ3n) is 5.50. The number of rotatable bonds is 4. The van der Waals surface area contributed by atoms with Gasteiger partial charge in [-0.3, -0.25) is 9.69 Å². The lowest BCUT2D eigenvalue weighted by molar-refractivity contribution is -0.129. The zero-order valence-corrected chi connectivity index (χ0v) is 17.8. The molecule has 30 heavy (non-hydrogen) atoms. The highest BCUT2D eigenvalue weighted by molar-refractivity contribution is 5.86. The number of hydrogen-bond acceptors (Lipinski definition) is 6. The Morgan fingerprint density at radius 2 is 2.17 bits per heavy atom. The second kappa shape index (κ2) is 8.52. The van der Waals surface area contributed by atoms with Gasteiger partial charge in [-0.2, -0.15) is 5.26 Å². The molecule has 8 nitrogen and oxygen atoms in total. The monoisotopic (exact) mass is 415 g/mol. The molecule has 2 N–H and O–H groups in total. The molecule has 2 amide bonds. The van der Waals surface area contributed by atoms with E-state index < -0.39 is 29.9 Å². The molecular weight excluding hydrogens is 386 g/mol. The number of nitriles is 1. The molecule has 1 fully saturated rings. The summed E-state index contributed by atoms with van der Waals surface area (Å²) in [5, 5.41) is 23.0. The van der Waals surface area contributed by atoms with Crippen LogP contribution in [-0.4, -0.2) is 52.9 Å². The van der Waals surface area contributed by atoms with E-state index in [0.717, 1.165) is 0 Å². The summed E-state index contributed by atoms with van der Waals surface area (Å²) in [6.07, 6.45) is -0.311. The molecule has 2 unspecified atom stereocenters. The van der Waals surface area contributed by atoms with Crippen LogP contribution in [0.2, 0.25) is 0 Å². The minimum atomic E-state index is -1.04. The Hall–Kier alpha value is -2.79. The number of fused-ring (bicyclic) bond motifs is 1. The fraction of sp³-hybridized carbons (Fsp3) is 0.591. The Bertz CT molecular complexity index is 861. The molecule has 0 spiro atoms. The molecule has 3 atom stereocenters. The Kier molecular flexibility index (Phi) is 6.22. The third kappa shape index (κ3) is 4.36. The maximum atomic E-state index is 13.1. The molecule has 2 aliphatic heterocycles. The number of likely N-dealkylation sites (tertiary alicyclic amines) is 1. The maximum absolute atomic E-state index is 13.1. The predicted molar refractivity (Wildman–Crippen MR) is 109 cm³/mol. The van der Waals surface area contributed by atoms with Gasteiger partial charge in [0.2, 0.25) is 5.91 Å². The molecule has 0 radical (unpaired) electrons. The van der Waals surface area contributed by atoms with Crippen molar-refractivity contribution in [1.82, 2.24) is 10.2 Å². The molecule has 3 rings (SSSR count). The van der Waals surface area contributed by atoms with Crippen molar-refractivity contribution in [2.24, 2.45) is 5.92 Å². The Morgan fingerprint density at radius 1 is 1.43 bits per heavy atom. The van der Waals surface area contributed by atoms with Gasteiger partial charge in [-0.1, -0.05) is 13.8 Å². The minimum absolute atomic E-state index is 0.203. The van der Waals surface area contributed by atoms with E-state index in [0.29, 0.717) is 42.9 Å². The second-order valence-corrected chi connectivity index (χ2v) is 8.82. The van der Waals surface area contributed by atoms with Gasteiger partial charge in [0.1, 0.15) is 23.5 Å². The minimum Gasteiger partial charge on any atom is -0.485 e. The quantitative estimate of drug-likeness (QED) is 0.781. The summed E-state index contributed by atoms with van der Waals surface area (Å²) in [6.45, 7) is 8.12. The first kappa shape index (κ1) is 21.9. The lowest BCUT2D eigenvalue weighted by Crippen LogP contribution is -2.56. The third-order valence-corrected chi connectivity index (χ3v) is 5.50. The van der Waals surface area contributed by atoms with Gasteiger partial charge in [-0.15, -0.1) is 0 Å². The number of amides is 2. The second-order valence-electron chi connectivity index (χ2n) is 8.82. The van der Waals surface area contributed by atoms with Crippen molar-refractivity contribution in [3.05, 3.63) is 29.3 Å². The molecule has 1 aromatic rings. The highest BCUT2D eigenvalue weighted by Gasteiger charge is 2.45. The summed E-state index contributed by atoms with van der Waals surface area (Å²) < 4.78 is 11.2. The van der Waals surface area contributed by atoms with Gasteiger partial charge in [0.15, 0.2) is 0 Å². The normalized spacial score (nSPS) is 24.6. The predicted octanol–water partition coefficient (Wildman–Crippen LogP) is 2.50. The lowest BCUT2D eigenvalue weighted by atomic mass is 9.85. The number of ether oxygens (including phenoxy) is 2. The summed E-state index contributed by atoms with van der Waals surface area (Å²) in [7, 11) is 0. The number of carbonyl (C=O) groups excluding carboxylic acids is 2. The average Bonchev–Trinajstić information content (AvgIpc) is 3.19. The molecule has 0 bridgehead atoms. The van der Waals surface area contributed by atoms with Crippen LogP contribution in [-0.2, 0) is 9.53 Å². The zero-order chi connectivity index (χ0) is 22.1. The van der Waals surface area contributed by atoms with Crippen LogP contribution < -0.4 is 10.1 Å². The first-order chi connectivity index (χ1) is 14.1. The van der Waals surface area contributed by atoms with Crippen molar-refractivity contribution in [3.8, 4) is 11.8 Å². The molecule has 162 valence electrons. The van der Waals surface area contributed by atoms with Crippen LogP contribution in [0.1, 0.15) is 57.7 Å². The van der Waals surface area contributed by atoms with E-state index in [1.807, 2.05) is 13.8 Å². The van der Waals surface area contributed by atoms with E-state index in [4.69, 9.17) is 9.47 Å². The van der Waals surface area contributed by atoms with Gasteiger partial charge in [0, 0.05) is 12.1 Å². The summed E-state index contributed by atoms with van der Waals surface area (Å²) >= 11 is 0. The molecule has 0 saturated carbocycles. The number of nitrogens with one attached hydrogen (secondary N) is 1. The SMILES string of the molecule is CC(C)COC(=O)N1CCC[C@H]1C(=O)NC1c2cc(C#N)ccc2OC(C)(C)C1O. The maximum Gasteiger partial charge on any atom is 0.410 e. The van der Waals surface area contributed by atoms with Crippen molar-refractivity contribution in [2.45, 2.75) is 64.3 Å². The standard InChI is InChI=1S/C22H29N3O5/c1-13(2)12-29-21(28)25-9-5-6-16(25)20(27)24-18-15-10-14(11-23)7-8-17(15)30-22(3,4)19(18)26/h7-8,10,13,16,18-19,26H,5-6,9,12H2,1-4H3,(H,24,27)/t16-,18?,19?/m0/s1. The van der Waals surface area contributed by atoms with Gasteiger partial charge in [-0.25, -0.2) is 4.79 Å². The van der Waals surface area contributed by atoms with Gasteiger partial charge in [0.25, 0.3) is 0 Å². The number of carbonyl (C=O) groups is 2. The first-order valence-electron chi connectivity index (χ1n) is 10.3. The van der Waals surface area contributed by atoms with E-state index in [1.54, 1.807) is 32.0 Å². The van der Waals surface area contributed by atoms with E-state index in [9.17, 15) is 20.0 Å². The number of hydrogen-bond donors (Lipinski definition) is 2. The molecule has 0 aromatic heterocycles. The number of aliphatic hydroxyl groups excluding tert-OH is 1. The average molecular weight is 415 g/mol. The summed E-state index contributed by atoms with van der Waals surface area (Å²) in [5.74, 6) is 0.354. The van der Waals surface area contributed by atoms with Crippen molar-refractivity contribution < 1.29 is 24.2 Å². The molecule has 0 aliphatic carbocycles. The molecule has 8 heteroatoms. The lowest BCUT2D eigenvalue weighted by Gasteiger charge is -2.42. The Balaban J connectivity index is 1.81. The summed E-state index contributed by atoms with van der Waals surface area (Å²) in [5.41, 5.74) is 0.00872. The van der Waals surface area contributed by atoms with Crippen molar-refractivity contribution in [1.29, 1.82) is 5.26 Å². The zero-order valence-electron chi connectivity index (χ0n) is 17.8. The Morgan fingerprint density at radius 3 is 2.83 bits per heavy atom. The van der Waals surface area contributed by atoms with Gasteiger partial charge in [0.05, 0.1) is 24.3 Å². The molecular formula is C22H29N3O5. The first-order valence-corrected chi connectivity index (χ1v) is 10.3. The van der Waals surface area contributed by atoms with Crippen LogP contribution in [0.3, 0.4) is 0 Å². The fourth-order valence-corrected chi connectivity index (χ4v) is 3.85. The summed E-state index contributed by atoms with van der Waals surface area (Å²) in [6, 6.07) is 5.56. The number of benzene rings is 1. The number of nitrogens with zero attached hydrogens (tertiary/aromatic N) is 2. The van der Waals surface area contributed by atoms with Gasteiger partial charge >= 0.3 is 6.09 Å². The molecule has 2 heterocycles. The van der Waals surface area contributed by atoms with Crippen LogP contribution in [0.15, 0.2) is 18.2 Å². The largest absolute Gasteiger partial charge is 0.485 e. The highest BCUT2D eigenvalue weighted by atomic mass is 16.6. The van der Waals surface area contributed by atoms with Crippen molar-refractivity contribution in [2.75, 3.05) is 13.2 Å². The smallest absolute Gasteiger partial charge is 0.410 e.